The van der Waals surface area contributed by atoms with Gasteiger partial charge < -0.3 is 24.7 Å². The highest BCUT2D eigenvalue weighted by molar-refractivity contribution is 6.46. The van der Waals surface area contributed by atoms with Crippen LogP contribution in [0.15, 0.2) is 35.9 Å². The van der Waals surface area contributed by atoms with Gasteiger partial charge in [-0.15, -0.1) is 0 Å². The lowest BCUT2D eigenvalue weighted by Gasteiger charge is -2.27. The number of likely N-dealkylation sites (tertiary alicyclic amines) is 1. The molecule has 1 aliphatic rings. The van der Waals surface area contributed by atoms with E-state index >= 15 is 0 Å². The Morgan fingerprint density at radius 2 is 1.88 bits per heavy atom. The maximum atomic E-state index is 13.1. The first-order valence-corrected chi connectivity index (χ1v) is 10.5. The average Bonchev–Trinajstić information content (AvgIpc) is 2.97. The molecule has 0 spiro atoms. The number of ether oxygens (including phenoxy) is 1. The van der Waals surface area contributed by atoms with E-state index in [4.69, 9.17) is 16.3 Å². The Bertz CT molecular complexity index is 1110. The highest BCUT2D eigenvalue weighted by atomic mass is 35.5. The summed E-state index contributed by atoms with van der Waals surface area (Å²) in [6.07, 6.45) is 0. The normalized spacial score (nSPS) is 18.0. The number of benzene rings is 2. The van der Waals surface area contributed by atoms with E-state index in [0.717, 1.165) is 11.1 Å². The van der Waals surface area contributed by atoms with Crippen LogP contribution in [0.1, 0.15) is 28.3 Å². The first-order chi connectivity index (χ1) is 15.1. The summed E-state index contributed by atoms with van der Waals surface area (Å²) in [7, 11) is 5.22. The van der Waals surface area contributed by atoms with Gasteiger partial charge in [0, 0.05) is 13.1 Å². The number of aliphatic hydroxyl groups is 1. The number of aryl methyl sites for hydroxylation is 2. The molecule has 2 aromatic carbocycles. The molecule has 1 saturated heterocycles. The number of phenols is 1. The number of Topliss-reactive ketones (excluding diaryl/α,β-unsaturated/α-hetero) is 1. The molecule has 170 valence electrons. The molecular formula is C24H27ClN2O5. The van der Waals surface area contributed by atoms with Crippen LogP contribution in [-0.2, 0) is 9.59 Å². The zero-order valence-electron chi connectivity index (χ0n) is 18.8. The van der Waals surface area contributed by atoms with Gasteiger partial charge >= 0.3 is 0 Å². The Balaban J connectivity index is 2.27. The number of aromatic hydroxyl groups is 1. The third-order valence-corrected chi connectivity index (χ3v) is 5.80. The molecule has 3 rings (SSSR count). The summed E-state index contributed by atoms with van der Waals surface area (Å²) in [6, 6.07) is 7.26. The van der Waals surface area contributed by atoms with E-state index in [-0.39, 0.29) is 28.6 Å². The van der Waals surface area contributed by atoms with Crippen LogP contribution >= 0.6 is 11.6 Å². The number of carbonyl (C=O) groups excluding carboxylic acids is 2. The molecule has 1 heterocycles. The van der Waals surface area contributed by atoms with Gasteiger partial charge in [0.15, 0.2) is 0 Å². The van der Waals surface area contributed by atoms with E-state index < -0.39 is 17.7 Å². The second-order valence-corrected chi connectivity index (χ2v) is 8.58. The van der Waals surface area contributed by atoms with E-state index in [9.17, 15) is 19.8 Å². The molecule has 0 aromatic heterocycles. The topological polar surface area (TPSA) is 90.3 Å². The number of likely N-dealkylation sites (N-methyl/N-ethyl adjacent to an activating group) is 1. The second-order valence-electron chi connectivity index (χ2n) is 8.17. The van der Waals surface area contributed by atoms with Gasteiger partial charge in [-0.1, -0.05) is 23.7 Å². The average molecular weight is 459 g/mol. The summed E-state index contributed by atoms with van der Waals surface area (Å²) in [5, 5.41) is 21.3. The standard InChI is InChI=1S/C24H27ClN2O5/c1-13-10-14(2)23(32-5)16(11-13)21(29)19-20(15-6-7-18(28)17(25)12-15)27(9-8-26(3)4)24(31)22(19)30/h6-7,10-12,20,28-29H,8-9H2,1-5H3/b21-19+. The molecule has 0 aliphatic carbocycles. The van der Waals surface area contributed by atoms with Crippen LogP contribution in [0, 0.1) is 13.8 Å². The highest BCUT2D eigenvalue weighted by Gasteiger charge is 2.46. The van der Waals surface area contributed by atoms with Gasteiger partial charge in [-0.05, 0) is 62.8 Å². The number of amides is 1. The van der Waals surface area contributed by atoms with Gasteiger partial charge in [0.1, 0.15) is 17.3 Å². The number of carbonyl (C=O) groups is 2. The van der Waals surface area contributed by atoms with Gasteiger partial charge in [-0.25, -0.2) is 0 Å². The maximum absolute atomic E-state index is 13.1. The molecule has 8 heteroatoms. The highest BCUT2D eigenvalue weighted by Crippen LogP contribution is 2.42. The summed E-state index contributed by atoms with van der Waals surface area (Å²) < 4.78 is 5.49. The number of aliphatic hydroxyl groups excluding tert-OH is 1. The summed E-state index contributed by atoms with van der Waals surface area (Å²) in [6.45, 7) is 4.50. The Kier molecular flexibility index (Phi) is 6.81. The lowest BCUT2D eigenvalue weighted by Crippen LogP contribution is -2.35. The molecule has 2 aromatic rings. The summed E-state index contributed by atoms with van der Waals surface area (Å²) in [5.74, 6) is -1.48. The molecule has 7 nitrogen and oxygen atoms in total. The van der Waals surface area contributed by atoms with Crippen molar-refractivity contribution in [2.75, 3.05) is 34.3 Å². The predicted molar refractivity (Wildman–Crippen MR) is 123 cm³/mol. The Morgan fingerprint density at radius 1 is 1.19 bits per heavy atom. The van der Waals surface area contributed by atoms with Crippen molar-refractivity contribution in [1.29, 1.82) is 0 Å². The third kappa shape index (κ3) is 4.31. The molecule has 0 radical (unpaired) electrons. The molecule has 1 amide bonds. The fourth-order valence-corrected chi connectivity index (χ4v) is 4.19. The SMILES string of the molecule is COc1c(C)cc(C)cc1/C(O)=C1\C(=O)C(=O)N(CCN(C)C)C1c1ccc(O)c(Cl)c1. The predicted octanol–water partition coefficient (Wildman–Crippen LogP) is 3.65. The molecule has 32 heavy (non-hydrogen) atoms. The van der Waals surface area contributed by atoms with Crippen LogP contribution in [0.4, 0.5) is 0 Å². The molecule has 0 saturated carbocycles. The number of rotatable bonds is 6. The number of ketones is 1. The van der Waals surface area contributed by atoms with Crippen LogP contribution in [0.5, 0.6) is 11.5 Å². The van der Waals surface area contributed by atoms with Crippen LogP contribution in [0.2, 0.25) is 5.02 Å². The number of phenolic OH excluding ortho intramolecular Hbond substituents is 1. The van der Waals surface area contributed by atoms with Gasteiger partial charge in [0.2, 0.25) is 0 Å². The summed E-state index contributed by atoms with van der Waals surface area (Å²) in [5.41, 5.74) is 2.47. The van der Waals surface area contributed by atoms with E-state index in [2.05, 4.69) is 0 Å². The summed E-state index contributed by atoms with van der Waals surface area (Å²) in [4.78, 5) is 29.4. The Labute approximate surface area is 192 Å². The van der Waals surface area contributed by atoms with Gasteiger partial charge in [-0.2, -0.15) is 0 Å². The fraction of sp³-hybridized carbons (Fsp3) is 0.333. The number of halogens is 1. The zero-order chi connectivity index (χ0) is 23.7. The quantitative estimate of drug-likeness (QED) is 0.390. The number of hydrogen-bond acceptors (Lipinski definition) is 6. The molecular weight excluding hydrogens is 432 g/mol. The maximum Gasteiger partial charge on any atom is 0.295 e. The van der Waals surface area contributed by atoms with Crippen molar-refractivity contribution >= 4 is 29.1 Å². The minimum Gasteiger partial charge on any atom is -0.507 e. The summed E-state index contributed by atoms with van der Waals surface area (Å²) >= 11 is 6.13. The van der Waals surface area contributed by atoms with Crippen molar-refractivity contribution in [2.45, 2.75) is 19.9 Å². The van der Waals surface area contributed by atoms with Crippen LogP contribution in [-0.4, -0.2) is 66.0 Å². The van der Waals surface area contributed by atoms with Gasteiger partial charge in [0.05, 0.1) is 29.3 Å². The number of nitrogens with zero attached hydrogens (tertiary/aromatic N) is 2. The third-order valence-electron chi connectivity index (χ3n) is 5.49. The first kappa shape index (κ1) is 23.6. The van der Waals surface area contributed by atoms with Crippen LogP contribution in [0.25, 0.3) is 5.76 Å². The Hall–Kier alpha value is -3.03. The fourth-order valence-electron chi connectivity index (χ4n) is 4.00. The minimum absolute atomic E-state index is 0.0428. The lowest BCUT2D eigenvalue weighted by molar-refractivity contribution is -0.140. The number of methoxy groups -OCH3 is 1. The number of hydrogen-bond donors (Lipinski definition) is 2. The lowest BCUT2D eigenvalue weighted by atomic mass is 9.93. The van der Waals surface area contributed by atoms with Gasteiger partial charge in [0.25, 0.3) is 11.7 Å². The van der Waals surface area contributed by atoms with Gasteiger partial charge in [-0.3, -0.25) is 9.59 Å². The van der Waals surface area contributed by atoms with Crippen LogP contribution < -0.4 is 4.74 Å². The zero-order valence-corrected chi connectivity index (χ0v) is 19.5. The van der Waals surface area contributed by atoms with Crippen molar-refractivity contribution in [2.24, 2.45) is 0 Å². The van der Waals surface area contributed by atoms with Crippen molar-refractivity contribution in [1.82, 2.24) is 9.80 Å². The van der Waals surface area contributed by atoms with Crippen molar-refractivity contribution < 1.29 is 24.5 Å². The molecule has 1 atom stereocenters. The van der Waals surface area contributed by atoms with E-state index in [0.29, 0.717) is 23.4 Å². The van der Waals surface area contributed by atoms with Crippen molar-refractivity contribution in [3.63, 3.8) is 0 Å². The molecule has 1 fully saturated rings. The molecule has 2 N–H and O–H groups in total. The van der Waals surface area contributed by atoms with E-state index in [1.165, 1.54) is 24.1 Å². The smallest absolute Gasteiger partial charge is 0.295 e. The largest absolute Gasteiger partial charge is 0.507 e. The molecule has 0 bridgehead atoms. The second kappa shape index (κ2) is 9.22. The molecule has 1 unspecified atom stereocenters. The molecule has 1 aliphatic heterocycles. The van der Waals surface area contributed by atoms with E-state index in [1.807, 2.05) is 38.9 Å². The van der Waals surface area contributed by atoms with Crippen LogP contribution in [0.3, 0.4) is 0 Å². The minimum atomic E-state index is -0.862. The first-order valence-electron chi connectivity index (χ1n) is 10.1. The van der Waals surface area contributed by atoms with Crippen molar-refractivity contribution in [3.05, 3.63) is 63.2 Å². The van der Waals surface area contributed by atoms with Crippen molar-refractivity contribution in [3.8, 4) is 11.5 Å². The monoisotopic (exact) mass is 458 g/mol. The van der Waals surface area contributed by atoms with E-state index in [1.54, 1.807) is 12.1 Å². The Morgan fingerprint density at radius 3 is 2.47 bits per heavy atom.